The molecule has 5 rings (SSSR count). The number of esters is 1. The van der Waals surface area contributed by atoms with E-state index < -0.39 is 23.2 Å². The number of hydrogen-bond acceptors (Lipinski definition) is 5. The number of carbonyl (C=O) groups is 2. The molecule has 1 saturated carbocycles. The van der Waals surface area contributed by atoms with Gasteiger partial charge in [-0.2, -0.15) is 0 Å². The number of ether oxygens (including phenoxy) is 2. The van der Waals surface area contributed by atoms with Crippen LogP contribution in [-0.2, 0) is 32.1 Å². The predicted octanol–water partition coefficient (Wildman–Crippen LogP) is 4.64. The molecule has 1 spiro atoms. The van der Waals surface area contributed by atoms with Gasteiger partial charge in [0.2, 0.25) is 5.91 Å². The van der Waals surface area contributed by atoms with Crippen molar-refractivity contribution < 1.29 is 28.6 Å². The maximum atomic E-state index is 15.9. The van der Waals surface area contributed by atoms with E-state index in [0.717, 1.165) is 5.56 Å². The van der Waals surface area contributed by atoms with E-state index in [2.05, 4.69) is 5.32 Å². The summed E-state index contributed by atoms with van der Waals surface area (Å²) >= 11 is 0. The lowest BCUT2D eigenvalue weighted by Crippen LogP contribution is -2.60. The van der Waals surface area contributed by atoms with Gasteiger partial charge in [-0.3, -0.25) is 9.59 Å². The van der Waals surface area contributed by atoms with Gasteiger partial charge in [-0.25, -0.2) is 4.39 Å². The Morgan fingerprint density at radius 1 is 1.08 bits per heavy atom. The van der Waals surface area contributed by atoms with E-state index in [1.807, 2.05) is 37.3 Å². The standard InChI is InChI=1S/C30H30FNO5/c1-19-15-30(18-36-17-26(34)32-30)24(27(19)29(35)37-16-20-8-3-2-4-9-20)14-21-10-7-12-23(28(21)31)22-11-5-6-13-25(22)33/h2-13,19,24,27,33H,14-18H2,1H3,(H,32,34)/t19-,24?,27?,30?/m1/s1. The number of para-hydroxylation sites is 1. The summed E-state index contributed by atoms with van der Waals surface area (Å²) in [5, 5.41) is 13.4. The lowest BCUT2D eigenvalue weighted by molar-refractivity contribution is -0.154. The van der Waals surface area contributed by atoms with Gasteiger partial charge in [0.15, 0.2) is 0 Å². The summed E-state index contributed by atoms with van der Waals surface area (Å²) in [5.74, 6) is -2.19. The molecule has 2 N–H and O–H groups in total. The van der Waals surface area contributed by atoms with E-state index in [1.165, 1.54) is 6.07 Å². The van der Waals surface area contributed by atoms with Gasteiger partial charge in [0, 0.05) is 17.0 Å². The van der Waals surface area contributed by atoms with Crippen LogP contribution in [0.5, 0.6) is 5.75 Å². The molecule has 1 aliphatic heterocycles. The molecule has 0 radical (unpaired) electrons. The van der Waals surface area contributed by atoms with E-state index in [4.69, 9.17) is 9.47 Å². The summed E-state index contributed by atoms with van der Waals surface area (Å²) in [6.07, 6.45) is 0.724. The molecule has 2 aliphatic rings. The summed E-state index contributed by atoms with van der Waals surface area (Å²) in [7, 11) is 0. The maximum absolute atomic E-state index is 15.9. The molecule has 192 valence electrons. The number of phenolic OH excluding ortho intramolecular Hbond substituents is 1. The van der Waals surface area contributed by atoms with E-state index in [-0.39, 0.29) is 55.3 Å². The highest BCUT2D eigenvalue weighted by molar-refractivity contribution is 5.80. The first kappa shape index (κ1) is 25.0. The van der Waals surface area contributed by atoms with Crippen LogP contribution in [-0.4, -0.2) is 35.7 Å². The summed E-state index contributed by atoms with van der Waals surface area (Å²) in [6.45, 7) is 2.31. The van der Waals surface area contributed by atoms with Crippen molar-refractivity contribution in [3.05, 3.63) is 89.7 Å². The number of morpholine rings is 1. The number of rotatable bonds is 6. The molecule has 0 bridgehead atoms. The Hall–Kier alpha value is -3.71. The Bertz CT molecular complexity index is 1300. The highest BCUT2D eigenvalue weighted by Gasteiger charge is 2.57. The summed E-state index contributed by atoms with van der Waals surface area (Å²) < 4.78 is 27.2. The van der Waals surface area contributed by atoms with Crippen molar-refractivity contribution in [1.82, 2.24) is 5.32 Å². The fraction of sp³-hybridized carbons (Fsp3) is 0.333. The molecule has 3 unspecified atom stereocenters. The highest BCUT2D eigenvalue weighted by atomic mass is 19.1. The van der Waals surface area contributed by atoms with Gasteiger partial charge in [0.25, 0.3) is 0 Å². The van der Waals surface area contributed by atoms with Gasteiger partial charge >= 0.3 is 5.97 Å². The second kappa shape index (κ2) is 10.3. The van der Waals surface area contributed by atoms with E-state index in [0.29, 0.717) is 17.5 Å². The summed E-state index contributed by atoms with van der Waals surface area (Å²) in [4.78, 5) is 25.9. The Balaban J connectivity index is 1.47. The Kier molecular flexibility index (Phi) is 6.98. The average Bonchev–Trinajstić information content (AvgIpc) is 3.14. The van der Waals surface area contributed by atoms with Crippen molar-refractivity contribution in [1.29, 1.82) is 0 Å². The van der Waals surface area contributed by atoms with Gasteiger partial charge in [0.05, 0.1) is 18.1 Å². The first-order valence-electron chi connectivity index (χ1n) is 12.5. The number of carbonyl (C=O) groups excluding carboxylic acids is 2. The van der Waals surface area contributed by atoms with Crippen molar-refractivity contribution >= 4 is 11.9 Å². The van der Waals surface area contributed by atoms with E-state index in [9.17, 15) is 14.7 Å². The lowest BCUT2D eigenvalue weighted by Gasteiger charge is -2.40. The second-order valence-electron chi connectivity index (χ2n) is 10.1. The van der Waals surface area contributed by atoms with Crippen molar-refractivity contribution in [2.45, 2.75) is 31.9 Å². The molecule has 1 saturated heterocycles. The lowest BCUT2D eigenvalue weighted by atomic mass is 9.77. The van der Waals surface area contributed by atoms with Crippen LogP contribution in [0.4, 0.5) is 4.39 Å². The molecule has 2 fully saturated rings. The third-order valence-electron chi connectivity index (χ3n) is 7.63. The molecule has 3 aromatic rings. The highest BCUT2D eigenvalue weighted by Crippen LogP contribution is 2.48. The van der Waals surface area contributed by atoms with Gasteiger partial charge in [-0.15, -0.1) is 0 Å². The van der Waals surface area contributed by atoms with Crippen molar-refractivity contribution in [3.63, 3.8) is 0 Å². The number of amides is 1. The fourth-order valence-electron chi connectivity index (χ4n) is 6.01. The number of phenols is 1. The minimum absolute atomic E-state index is 0.0141. The molecule has 37 heavy (non-hydrogen) atoms. The van der Waals surface area contributed by atoms with Crippen LogP contribution in [0.25, 0.3) is 11.1 Å². The number of nitrogens with one attached hydrogen (secondary N) is 1. The molecule has 6 nitrogen and oxygen atoms in total. The largest absolute Gasteiger partial charge is 0.507 e. The predicted molar refractivity (Wildman–Crippen MR) is 136 cm³/mol. The van der Waals surface area contributed by atoms with Gasteiger partial charge in [0.1, 0.15) is 24.8 Å². The van der Waals surface area contributed by atoms with Crippen molar-refractivity contribution in [2.24, 2.45) is 17.8 Å². The van der Waals surface area contributed by atoms with Crippen LogP contribution in [0.2, 0.25) is 0 Å². The number of aromatic hydroxyl groups is 1. The van der Waals surface area contributed by atoms with Crippen LogP contribution in [0, 0.1) is 23.6 Å². The van der Waals surface area contributed by atoms with Gasteiger partial charge in [-0.05, 0) is 36.0 Å². The number of halogens is 1. The van der Waals surface area contributed by atoms with Crippen LogP contribution in [0.15, 0.2) is 72.8 Å². The SMILES string of the molecule is C[C@@H]1CC2(COCC(=O)N2)C(Cc2cccc(-c3ccccc3O)c2F)C1C(=O)OCc1ccccc1. The molecule has 1 heterocycles. The first-order chi connectivity index (χ1) is 17.9. The molecule has 0 aromatic heterocycles. The van der Waals surface area contributed by atoms with Crippen LogP contribution in [0.3, 0.4) is 0 Å². The van der Waals surface area contributed by atoms with E-state index in [1.54, 1.807) is 36.4 Å². The zero-order chi connectivity index (χ0) is 26.0. The third-order valence-corrected chi connectivity index (χ3v) is 7.63. The number of benzene rings is 3. The minimum atomic E-state index is -0.803. The first-order valence-corrected chi connectivity index (χ1v) is 12.5. The molecular weight excluding hydrogens is 473 g/mol. The second-order valence-corrected chi connectivity index (χ2v) is 10.1. The fourth-order valence-corrected chi connectivity index (χ4v) is 6.01. The van der Waals surface area contributed by atoms with Crippen molar-refractivity contribution in [3.8, 4) is 16.9 Å². The molecule has 4 atom stereocenters. The van der Waals surface area contributed by atoms with Crippen LogP contribution >= 0.6 is 0 Å². The quantitative estimate of drug-likeness (QED) is 0.479. The van der Waals surface area contributed by atoms with Gasteiger partial charge in [-0.1, -0.05) is 73.7 Å². The maximum Gasteiger partial charge on any atom is 0.309 e. The molecule has 1 aliphatic carbocycles. The summed E-state index contributed by atoms with van der Waals surface area (Å²) in [6, 6.07) is 21.1. The Morgan fingerprint density at radius 3 is 2.57 bits per heavy atom. The van der Waals surface area contributed by atoms with Crippen LogP contribution in [0.1, 0.15) is 24.5 Å². The Labute approximate surface area is 215 Å². The molecular formula is C30H30FNO5. The Morgan fingerprint density at radius 2 is 1.81 bits per heavy atom. The van der Waals surface area contributed by atoms with Crippen LogP contribution < -0.4 is 5.32 Å². The molecule has 7 heteroatoms. The average molecular weight is 504 g/mol. The zero-order valence-corrected chi connectivity index (χ0v) is 20.7. The molecule has 3 aromatic carbocycles. The molecule has 1 amide bonds. The summed E-state index contributed by atoms with van der Waals surface area (Å²) in [5.41, 5.74) is 1.15. The van der Waals surface area contributed by atoms with E-state index >= 15 is 4.39 Å². The monoisotopic (exact) mass is 503 g/mol. The number of hydrogen-bond donors (Lipinski definition) is 2. The zero-order valence-electron chi connectivity index (χ0n) is 20.7. The normalized spacial score (nSPS) is 25.1. The van der Waals surface area contributed by atoms with Crippen molar-refractivity contribution in [2.75, 3.05) is 13.2 Å². The third kappa shape index (κ3) is 4.96. The minimum Gasteiger partial charge on any atom is -0.507 e. The smallest absolute Gasteiger partial charge is 0.309 e. The topological polar surface area (TPSA) is 84.9 Å². The van der Waals surface area contributed by atoms with Gasteiger partial charge < -0.3 is 19.9 Å².